The smallest absolute Gasteiger partial charge is 0.338 e. The first-order valence-corrected chi connectivity index (χ1v) is 6.81. The zero-order valence-electron chi connectivity index (χ0n) is 9.81. The number of thioether (sulfide) groups is 1. The molecule has 1 fully saturated rings. The van der Waals surface area contributed by atoms with Crippen molar-refractivity contribution in [3.8, 4) is 0 Å². The van der Waals surface area contributed by atoms with E-state index in [0.29, 0.717) is 11.5 Å². The van der Waals surface area contributed by atoms with Crippen LogP contribution >= 0.6 is 11.8 Å². The van der Waals surface area contributed by atoms with E-state index in [1.54, 1.807) is 18.3 Å². The van der Waals surface area contributed by atoms with Crippen molar-refractivity contribution in [2.75, 3.05) is 30.5 Å². The lowest BCUT2D eigenvalue weighted by atomic mass is 10.1. The quantitative estimate of drug-likeness (QED) is 0.831. The molecule has 1 aromatic heterocycles. The fourth-order valence-electron chi connectivity index (χ4n) is 1.77. The molecule has 0 bridgehead atoms. The van der Waals surface area contributed by atoms with Gasteiger partial charge in [0.2, 0.25) is 0 Å². The van der Waals surface area contributed by atoms with E-state index in [2.05, 4.69) is 15.0 Å². The molecule has 0 aliphatic carbocycles. The third kappa shape index (κ3) is 3.36. The molecule has 17 heavy (non-hydrogen) atoms. The van der Waals surface area contributed by atoms with Crippen LogP contribution in [0.2, 0.25) is 0 Å². The lowest BCUT2D eigenvalue weighted by molar-refractivity contribution is 0.0600. The molecule has 1 aliphatic heterocycles. The molecular weight excluding hydrogens is 236 g/mol. The van der Waals surface area contributed by atoms with Crippen LogP contribution in [-0.4, -0.2) is 36.1 Å². The van der Waals surface area contributed by atoms with Gasteiger partial charge in [0.1, 0.15) is 5.82 Å². The molecule has 1 aromatic rings. The number of nitrogens with zero attached hydrogens (tertiary/aromatic N) is 1. The van der Waals surface area contributed by atoms with Gasteiger partial charge in [-0.2, -0.15) is 11.8 Å². The number of rotatable bonds is 4. The van der Waals surface area contributed by atoms with Crippen molar-refractivity contribution >= 4 is 23.5 Å². The van der Waals surface area contributed by atoms with Crippen LogP contribution < -0.4 is 5.32 Å². The van der Waals surface area contributed by atoms with Crippen molar-refractivity contribution in [2.45, 2.75) is 6.42 Å². The second kappa shape index (κ2) is 5.91. The van der Waals surface area contributed by atoms with E-state index in [1.165, 1.54) is 25.0 Å². The van der Waals surface area contributed by atoms with Crippen LogP contribution in [0.25, 0.3) is 0 Å². The number of methoxy groups -OCH3 is 1. The Hall–Kier alpha value is -1.23. The summed E-state index contributed by atoms with van der Waals surface area (Å²) in [6.07, 6.45) is 2.88. The van der Waals surface area contributed by atoms with Gasteiger partial charge in [0.25, 0.3) is 0 Å². The van der Waals surface area contributed by atoms with E-state index in [4.69, 9.17) is 0 Å². The highest BCUT2D eigenvalue weighted by molar-refractivity contribution is 7.99. The second-order valence-corrected chi connectivity index (χ2v) is 5.18. The minimum Gasteiger partial charge on any atom is -0.465 e. The first-order chi connectivity index (χ1) is 8.29. The molecule has 1 N–H and O–H groups in total. The number of hydrogen-bond acceptors (Lipinski definition) is 5. The molecular formula is C12H16N2O2S. The molecule has 1 aliphatic rings. The Morgan fingerprint density at radius 3 is 3.29 bits per heavy atom. The van der Waals surface area contributed by atoms with Crippen LogP contribution in [0.4, 0.5) is 5.82 Å². The summed E-state index contributed by atoms with van der Waals surface area (Å²) in [5, 5.41) is 3.27. The predicted octanol–water partition coefficient (Wildman–Crippen LogP) is 2.03. The number of hydrogen-bond donors (Lipinski definition) is 1. The predicted molar refractivity (Wildman–Crippen MR) is 69.5 cm³/mol. The standard InChI is InChI=1S/C12H16N2O2S/c1-16-12(15)10-2-4-13-11(6-10)14-7-9-3-5-17-8-9/h2,4,6,9H,3,5,7-8H2,1H3,(H,13,14). The van der Waals surface area contributed by atoms with Gasteiger partial charge in [0.05, 0.1) is 12.7 Å². The highest BCUT2D eigenvalue weighted by Gasteiger charge is 2.15. The molecule has 1 atom stereocenters. The van der Waals surface area contributed by atoms with E-state index in [0.717, 1.165) is 12.4 Å². The van der Waals surface area contributed by atoms with Gasteiger partial charge in [-0.25, -0.2) is 9.78 Å². The van der Waals surface area contributed by atoms with Gasteiger partial charge in [0, 0.05) is 12.7 Å². The third-order valence-corrected chi connectivity index (χ3v) is 4.01. The van der Waals surface area contributed by atoms with Gasteiger partial charge in [0.15, 0.2) is 0 Å². The van der Waals surface area contributed by atoms with Gasteiger partial charge in [-0.3, -0.25) is 0 Å². The largest absolute Gasteiger partial charge is 0.465 e. The third-order valence-electron chi connectivity index (χ3n) is 2.78. The first-order valence-electron chi connectivity index (χ1n) is 5.65. The van der Waals surface area contributed by atoms with Gasteiger partial charge in [-0.1, -0.05) is 0 Å². The molecule has 2 rings (SSSR count). The number of carbonyl (C=O) groups excluding carboxylic acids is 1. The normalized spacial score (nSPS) is 19.0. The maximum absolute atomic E-state index is 11.3. The summed E-state index contributed by atoms with van der Waals surface area (Å²) in [7, 11) is 1.38. The Morgan fingerprint density at radius 2 is 2.59 bits per heavy atom. The molecule has 92 valence electrons. The van der Waals surface area contributed by atoms with E-state index in [-0.39, 0.29) is 5.97 Å². The summed E-state index contributed by atoms with van der Waals surface area (Å²) >= 11 is 1.99. The number of ether oxygens (including phenoxy) is 1. The molecule has 0 aromatic carbocycles. The lowest BCUT2D eigenvalue weighted by Crippen LogP contribution is -2.14. The van der Waals surface area contributed by atoms with Crippen molar-refractivity contribution < 1.29 is 9.53 Å². The lowest BCUT2D eigenvalue weighted by Gasteiger charge is -2.10. The number of nitrogens with one attached hydrogen (secondary N) is 1. The summed E-state index contributed by atoms with van der Waals surface area (Å²) in [5.41, 5.74) is 0.533. The number of esters is 1. The molecule has 1 saturated heterocycles. The summed E-state index contributed by atoms with van der Waals surface area (Å²) in [6.45, 7) is 0.921. The number of pyridine rings is 1. The molecule has 4 nitrogen and oxygen atoms in total. The van der Waals surface area contributed by atoms with Crippen molar-refractivity contribution in [1.29, 1.82) is 0 Å². The number of aromatic nitrogens is 1. The number of carbonyl (C=O) groups is 1. The maximum Gasteiger partial charge on any atom is 0.338 e. The van der Waals surface area contributed by atoms with Crippen molar-refractivity contribution in [3.05, 3.63) is 23.9 Å². The van der Waals surface area contributed by atoms with Gasteiger partial charge in [-0.15, -0.1) is 0 Å². The minimum absolute atomic E-state index is 0.327. The molecule has 5 heteroatoms. The topological polar surface area (TPSA) is 51.2 Å². The molecule has 0 saturated carbocycles. The molecule has 0 radical (unpaired) electrons. The Morgan fingerprint density at radius 1 is 1.71 bits per heavy atom. The fraction of sp³-hybridized carbons (Fsp3) is 0.500. The van der Waals surface area contributed by atoms with Gasteiger partial charge in [-0.05, 0) is 36.0 Å². The van der Waals surface area contributed by atoms with Crippen LogP contribution in [-0.2, 0) is 4.74 Å². The van der Waals surface area contributed by atoms with E-state index < -0.39 is 0 Å². The van der Waals surface area contributed by atoms with E-state index >= 15 is 0 Å². The second-order valence-electron chi connectivity index (χ2n) is 4.03. The van der Waals surface area contributed by atoms with Crippen molar-refractivity contribution in [2.24, 2.45) is 5.92 Å². The molecule has 0 amide bonds. The van der Waals surface area contributed by atoms with E-state index in [1.807, 2.05) is 11.8 Å². The highest BCUT2D eigenvalue weighted by atomic mass is 32.2. The SMILES string of the molecule is COC(=O)c1ccnc(NCC2CCSC2)c1. The Labute approximate surface area is 105 Å². The average Bonchev–Trinajstić information content (AvgIpc) is 2.89. The highest BCUT2D eigenvalue weighted by Crippen LogP contribution is 2.23. The zero-order chi connectivity index (χ0) is 12.1. The van der Waals surface area contributed by atoms with Gasteiger partial charge < -0.3 is 10.1 Å². The summed E-state index contributed by atoms with van der Waals surface area (Å²) < 4.78 is 4.67. The minimum atomic E-state index is -0.327. The Bertz CT molecular complexity index is 392. The maximum atomic E-state index is 11.3. The zero-order valence-corrected chi connectivity index (χ0v) is 10.6. The first kappa shape index (κ1) is 12.2. The number of anilines is 1. The average molecular weight is 252 g/mol. The van der Waals surface area contributed by atoms with Crippen LogP contribution in [0.5, 0.6) is 0 Å². The van der Waals surface area contributed by atoms with Crippen LogP contribution in [0, 0.1) is 5.92 Å². The van der Waals surface area contributed by atoms with Crippen molar-refractivity contribution in [1.82, 2.24) is 4.98 Å². The fourth-order valence-corrected chi connectivity index (χ4v) is 3.05. The van der Waals surface area contributed by atoms with Crippen LogP contribution in [0.1, 0.15) is 16.8 Å². The molecule has 2 heterocycles. The Kier molecular flexibility index (Phi) is 4.25. The van der Waals surface area contributed by atoms with Gasteiger partial charge >= 0.3 is 5.97 Å². The van der Waals surface area contributed by atoms with Crippen LogP contribution in [0.3, 0.4) is 0 Å². The van der Waals surface area contributed by atoms with Crippen LogP contribution in [0.15, 0.2) is 18.3 Å². The summed E-state index contributed by atoms with van der Waals surface area (Å²) in [4.78, 5) is 15.5. The van der Waals surface area contributed by atoms with E-state index in [9.17, 15) is 4.79 Å². The Balaban J connectivity index is 1.93. The summed E-state index contributed by atoms with van der Waals surface area (Å²) in [6, 6.07) is 3.39. The summed E-state index contributed by atoms with van der Waals surface area (Å²) in [5.74, 6) is 3.59. The molecule has 0 spiro atoms. The monoisotopic (exact) mass is 252 g/mol. The van der Waals surface area contributed by atoms with Crippen molar-refractivity contribution in [3.63, 3.8) is 0 Å². The molecule has 1 unspecified atom stereocenters.